The summed E-state index contributed by atoms with van der Waals surface area (Å²) in [4.78, 5) is 38.7. The number of methoxy groups -OCH3 is 1. The molecule has 1 aromatic carbocycles. The molecule has 7 nitrogen and oxygen atoms in total. The second kappa shape index (κ2) is 9.01. The molecule has 0 atom stereocenters. The van der Waals surface area contributed by atoms with E-state index in [1.54, 1.807) is 6.07 Å². The molecule has 152 valence electrons. The molecule has 0 aromatic heterocycles. The molecule has 0 bridgehead atoms. The Hall–Kier alpha value is -2.98. The topological polar surface area (TPSA) is 84.9 Å². The first-order valence-electron chi connectivity index (χ1n) is 9.30. The van der Waals surface area contributed by atoms with Gasteiger partial charge < -0.3 is 9.47 Å². The largest absolute Gasteiger partial charge is 0.493 e. The van der Waals surface area contributed by atoms with E-state index in [-0.39, 0.29) is 29.0 Å². The molecule has 8 heteroatoms. The van der Waals surface area contributed by atoms with Gasteiger partial charge in [0.25, 0.3) is 11.8 Å². The van der Waals surface area contributed by atoms with Gasteiger partial charge in [0.05, 0.1) is 12.1 Å². The number of carbonyl (C=O) groups excluding carboxylic acids is 3. The lowest BCUT2D eigenvalue weighted by molar-refractivity contribution is -0.132. The Morgan fingerprint density at radius 3 is 2.66 bits per heavy atom. The highest BCUT2D eigenvalue weighted by Gasteiger charge is 2.40. The molecule has 0 radical (unpaired) electrons. The lowest BCUT2D eigenvalue weighted by Crippen LogP contribution is -2.58. The maximum atomic E-state index is 13.0. The molecule has 29 heavy (non-hydrogen) atoms. The number of amides is 4. The molecule has 1 N–H and O–H groups in total. The predicted molar refractivity (Wildman–Crippen MR) is 108 cm³/mol. The van der Waals surface area contributed by atoms with Gasteiger partial charge in [0, 0.05) is 6.04 Å². The van der Waals surface area contributed by atoms with Crippen molar-refractivity contribution >= 4 is 35.5 Å². The summed E-state index contributed by atoms with van der Waals surface area (Å²) in [6, 6.07) is 2.24. The Morgan fingerprint density at radius 2 is 2.00 bits per heavy atom. The van der Waals surface area contributed by atoms with E-state index in [9.17, 15) is 14.4 Å². The van der Waals surface area contributed by atoms with Crippen molar-refractivity contribution in [1.82, 2.24) is 10.2 Å². The van der Waals surface area contributed by atoms with Gasteiger partial charge in [-0.1, -0.05) is 36.8 Å². The van der Waals surface area contributed by atoms with Gasteiger partial charge in [-0.3, -0.25) is 19.8 Å². The van der Waals surface area contributed by atoms with Gasteiger partial charge >= 0.3 is 6.03 Å². The third kappa shape index (κ3) is 4.38. The minimum absolute atomic E-state index is 0.00979. The maximum Gasteiger partial charge on any atom is 0.331 e. The molecule has 1 aliphatic heterocycles. The third-order valence-corrected chi connectivity index (χ3v) is 5.22. The number of halogens is 1. The van der Waals surface area contributed by atoms with Gasteiger partial charge in [0.15, 0.2) is 11.5 Å². The Balaban J connectivity index is 1.94. The van der Waals surface area contributed by atoms with Gasteiger partial charge in [-0.15, -0.1) is 6.42 Å². The molecular weight excluding hydrogens is 396 g/mol. The quantitative estimate of drug-likeness (QED) is 0.452. The first-order chi connectivity index (χ1) is 14.0. The Morgan fingerprint density at radius 1 is 1.28 bits per heavy atom. The number of hydrogen-bond acceptors (Lipinski definition) is 5. The molecule has 1 saturated heterocycles. The van der Waals surface area contributed by atoms with Crippen LogP contribution in [-0.2, 0) is 9.59 Å². The van der Waals surface area contributed by atoms with E-state index in [0.29, 0.717) is 11.3 Å². The number of nitrogens with one attached hydrogen (secondary N) is 1. The Labute approximate surface area is 174 Å². The van der Waals surface area contributed by atoms with Crippen LogP contribution in [0.4, 0.5) is 4.79 Å². The van der Waals surface area contributed by atoms with E-state index in [2.05, 4.69) is 11.2 Å². The smallest absolute Gasteiger partial charge is 0.331 e. The summed E-state index contributed by atoms with van der Waals surface area (Å²) in [6.45, 7) is 0.00979. The van der Waals surface area contributed by atoms with Crippen LogP contribution in [0.15, 0.2) is 17.7 Å². The predicted octanol–water partition coefficient (Wildman–Crippen LogP) is 3.16. The highest BCUT2D eigenvalue weighted by molar-refractivity contribution is 6.33. The summed E-state index contributed by atoms with van der Waals surface area (Å²) in [5.41, 5.74) is 0.321. The molecule has 2 aliphatic rings. The number of nitrogens with zero attached hydrogens (tertiary/aromatic N) is 1. The Kier molecular flexibility index (Phi) is 6.45. The second-order valence-corrected chi connectivity index (χ2v) is 7.22. The van der Waals surface area contributed by atoms with Crippen LogP contribution in [-0.4, -0.2) is 42.5 Å². The normalized spacial score (nSPS) is 19.1. The van der Waals surface area contributed by atoms with Crippen LogP contribution in [0.25, 0.3) is 6.08 Å². The molecule has 2 fully saturated rings. The number of imide groups is 2. The van der Waals surface area contributed by atoms with Crippen LogP contribution < -0.4 is 14.8 Å². The Bertz CT molecular complexity index is 912. The first-order valence-corrected chi connectivity index (χ1v) is 9.68. The minimum Gasteiger partial charge on any atom is -0.493 e. The third-order valence-electron chi connectivity index (χ3n) is 4.94. The van der Waals surface area contributed by atoms with Crippen LogP contribution in [0, 0.1) is 12.3 Å². The molecule has 3 rings (SSSR count). The number of rotatable bonds is 5. The standard InChI is InChI=1S/C21H21ClN2O5/c1-3-9-29-18-16(22)11-13(12-17(18)28-2)10-15-19(25)23-21(27)24(20(15)26)14-7-5-4-6-8-14/h1,10-12,14H,4-9H2,2H3,(H,23,25,27). The van der Waals surface area contributed by atoms with Gasteiger partial charge in [0.1, 0.15) is 12.2 Å². The SMILES string of the molecule is C#CCOc1c(Cl)cc(C=C2C(=O)NC(=O)N(C3CCCCC3)C2=O)cc1OC. The van der Waals surface area contributed by atoms with E-state index in [1.807, 2.05) is 0 Å². The highest BCUT2D eigenvalue weighted by atomic mass is 35.5. The average molecular weight is 417 g/mol. The van der Waals surface area contributed by atoms with Crippen molar-refractivity contribution in [3.05, 3.63) is 28.3 Å². The lowest BCUT2D eigenvalue weighted by atomic mass is 9.93. The summed E-state index contributed by atoms with van der Waals surface area (Å²) in [5, 5.41) is 2.48. The maximum absolute atomic E-state index is 13.0. The zero-order valence-corrected chi connectivity index (χ0v) is 16.8. The fourth-order valence-corrected chi connectivity index (χ4v) is 3.86. The second-order valence-electron chi connectivity index (χ2n) is 6.81. The summed E-state index contributed by atoms with van der Waals surface area (Å²) in [7, 11) is 1.44. The summed E-state index contributed by atoms with van der Waals surface area (Å²) >= 11 is 6.26. The van der Waals surface area contributed by atoms with E-state index in [4.69, 9.17) is 27.5 Å². The molecule has 1 aromatic rings. The van der Waals surface area contributed by atoms with Crippen molar-refractivity contribution in [3.8, 4) is 23.8 Å². The summed E-state index contributed by atoms with van der Waals surface area (Å²) < 4.78 is 10.7. The number of terminal acetylenes is 1. The van der Waals surface area contributed by atoms with Crippen LogP contribution >= 0.6 is 11.6 Å². The molecule has 1 saturated carbocycles. The molecule has 1 heterocycles. The van der Waals surface area contributed by atoms with Crippen LogP contribution in [0.3, 0.4) is 0 Å². The molecular formula is C21H21ClN2O5. The van der Waals surface area contributed by atoms with Crippen LogP contribution in [0.1, 0.15) is 37.7 Å². The summed E-state index contributed by atoms with van der Waals surface area (Å²) in [6.07, 6.45) is 11.0. The van der Waals surface area contributed by atoms with Crippen molar-refractivity contribution in [1.29, 1.82) is 0 Å². The zero-order chi connectivity index (χ0) is 21.0. The number of benzene rings is 1. The van der Waals surface area contributed by atoms with Gasteiger partial charge in [0.2, 0.25) is 0 Å². The fourth-order valence-electron chi connectivity index (χ4n) is 3.59. The van der Waals surface area contributed by atoms with Gasteiger partial charge in [-0.2, -0.15) is 0 Å². The number of ether oxygens (including phenoxy) is 2. The van der Waals surface area contributed by atoms with Crippen molar-refractivity contribution < 1.29 is 23.9 Å². The van der Waals surface area contributed by atoms with Gasteiger partial charge in [-0.05, 0) is 36.6 Å². The van der Waals surface area contributed by atoms with Crippen molar-refractivity contribution in [2.75, 3.05) is 13.7 Å². The molecule has 0 unspecified atom stereocenters. The highest BCUT2D eigenvalue weighted by Crippen LogP contribution is 2.37. The van der Waals surface area contributed by atoms with Crippen molar-refractivity contribution in [2.24, 2.45) is 0 Å². The fraction of sp³-hybridized carbons (Fsp3) is 0.381. The van der Waals surface area contributed by atoms with Crippen LogP contribution in [0.5, 0.6) is 11.5 Å². The van der Waals surface area contributed by atoms with Gasteiger partial charge in [-0.25, -0.2) is 4.79 Å². The number of carbonyl (C=O) groups is 3. The average Bonchev–Trinajstić information content (AvgIpc) is 2.70. The summed E-state index contributed by atoms with van der Waals surface area (Å²) in [5.74, 6) is 1.58. The number of hydrogen-bond donors (Lipinski definition) is 1. The van der Waals surface area contributed by atoms with E-state index in [0.717, 1.165) is 37.0 Å². The van der Waals surface area contributed by atoms with E-state index >= 15 is 0 Å². The molecule has 0 spiro atoms. The molecule has 1 aliphatic carbocycles. The monoisotopic (exact) mass is 416 g/mol. The first kappa shape index (κ1) is 20.7. The lowest BCUT2D eigenvalue weighted by Gasteiger charge is -2.35. The zero-order valence-electron chi connectivity index (χ0n) is 16.0. The minimum atomic E-state index is -0.741. The number of barbiturate groups is 1. The van der Waals surface area contributed by atoms with E-state index < -0.39 is 17.8 Å². The van der Waals surface area contributed by atoms with Crippen LogP contribution in [0.2, 0.25) is 5.02 Å². The number of urea groups is 1. The van der Waals surface area contributed by atoms with Crippen molar-refractivity contribution in [3.63, 3.8) is 0 Å². The molecule has 4 amide bonds. The van der Waals surface area contributed by atoms with E-state index in [1.165, 1.54) is 19.3 Å². The van der Waals surface area contributed by atoms with Crippen molar-refractivity contribution in [2.45, 2.75) is 38.1 Å².